The minimum absolute atomic E-state index is 0.194. The molecule has 29 heavy (non-hydrogen) atoms. The number of aromatic nitrogens is 1. The quantitative estimate of drug-likeness (QED) is 0.581. The maximum absolute atomic E-state index is 11.6. The fourth-order valence-corrected chi connectivity index (χ4v) is 4.90. The number of hydrogen-bond donors (Lipinski definition) is 1. The molecule has 1 aromatic carbocycles. The fraction of sp³-hybridized carbons (Fsp3) is 0.400. The SMILES string of the molecule is CCCC(C)(C)C1CCc2c(cc(-c3ccccc3)n2-c2ccc(C(N)=O)o2)C1. The van der Waals surface area contributed by atoms with E-state index in [9.17, 15) is 4.79 Å². The van der Waals surface area contributed by atoms with Gasteiger partial charge in [-0.1, -0.05) is 57.5 Å². The lowest BCUT2D eigenvalue weighted by Crippen LogP contribution is -2.29. The Bertz CT molecular complexity index is 1010. The van der Waals surface area contributed by atoms with Gasteiger partial charge in [0.15, 0.2) is 5.76 Å². The molecule has 0 bridgehead atoms. The van der Waals surface area contributed by atoms with Gasteiger partial charge in [-0.25, -0.2) is 0 Å². The van der Waals surface area contributed by atoms with Crippen LogP contribution in [0.1, 0.15) is 61.8 Å². The zero-order valence-corrected chi connectivity index (χ0v) is 17.6. The van der Waals surface area contributed by atoms with Crippen molar-refractivity contribution in [3.8, 4) is 17.1 Å². The third-order valence-corrected chi connectivity index (χ3v) is 6.51. The summed E-state index contributed by atoms with van der Waals surface area (Å²) in [6, 6.07) is 16.2. The predicted octanol–water partition coefficient (Wildman–Crippen LogP) is 5.77. The van der Waals surface area contributed by atoms with Crippen LogP contribution in [0.5, 0.6) is 0 Å². The molecule has 0 aliphatic heterocycles. The van der Waals surface area contributed by atoms with Crippen molar-refractivity contribution in [1.29, 1.82) is 0 Å². The molecule has 0 saturated heterocycles. The lowest BCUT2D eigenvalue weighted by molar-refractivity contribution is 0.0973. The first-order valence-electron chi connectivity index (χ1n) is 10.6. The summed E-state index contributed by atoms with van der Waals surface area (Å²) >= 11 is 0. The van der Waals surface area contributed by atoms with Crippen LogP contribution in [0.4, 0.5) is 0 Å². The highest BCUT2D eigenvalue weighted by atomic mass is 16.4. The highest BCUT2D eigenvalue weighted by Gasteiger charge is 2.34. The summed E-state index contributed by atoms with van der Waals surface area (Å²) in [5.74, 6) is 0.983. The van der Waals surface area contributed by atoms with E-state index in [1.54, 1.807) is 6.07 Å². The molecule has 4 rings (SSSR count). The van der Waals surface area contributed by atoms with Crippen LogP contribution in [0, 0.1) is 11.3 Å². The number of amides is 1. The number of carbonyl (C=O) groups excluding carboxylic acids is 1. The Labute approximate surface area is 172 Å². The number of nitrogens with zero attached hydrogens (tertiary/aromatic N) is 1. The van der Waals surface area contributed by atoms with Gasteiger partial charge in [0.05, 0.1) is 5.69 Å². The van der Waals surface area contributed by atoms with Gasteiger partial charge in [-0.15, -0.1) is 0 Å². The van der Waals surface area contributed by atoms with Crippen molar-refractivity contribution in [3.63, 3.8) is 0 Å². The van der Waals surface area contributed by atoms with Gasteiger partial charge in [0, 0.05) is 11.8 Å². The molecule has 4 heteroatoms. The Morgan fingerprint density at radius 1 is 1.21 bits per heavy atom. The first kappa shape index (κ1) is 19.6. The molecular formula is C25H30N2O2. The van der Waals surface area contributed by atoms with Crippen LogP contribution >= 0.6 is 0 Å². The summed E-state index contributed by atoms with van der Waals surface area (Å²) in [7, 11) is 0. The van der Waals surface area contributed by atoms with Crippen LogP contribution in [0.15, 0.2) is 52.9 Å². The second-order valence-electron chi connectivity index (χ2n) is 8.88. The largest absolute Gasteiger partial charge is 0.435 e. The summed E-state index contributed by atoms with van der Waals surface area (Å²) in [5, 5.41) is 0. The zero-order chi connectivity index (χ0) is 20.6. The highest BCUT2D eigenvalue weighted by Crippen LogP contribution is 2.43. The highest BCUT2D eigenvalue weighted by molar-refractivity contribution is 5.90. The molecule has 2 heterocycles. The molecule has 0 spiro atoms. The second kappa shape index (κ2) is 7.58. The molecule has 2 aromatic heterocycles. The van der Waals surface area contributed by atoms with Crippen molar-refractivity contribution in [2.45, 2.75) is 52.9 Å². The van der Waals surface area contributed by atoms with Crippen LogP contribution in [0.3, 0.4) is 0 Å². The Morgan fingerprint density at radius 2 is 1.97 bits per heavy atom. The molecule has 1 aliphatic rings. The monoisotopic (exact) mass is 390 g/mol. The smallest absolute Gasteiger partial charge is 0.284 e. The molecule has 1 aliphatic carbocycles. The van der Waals surface area contributed by atoms with E-state index in [0.29, 0.717) is 17.2 Å². The first-order chi connectivity index (χ1) is 13.9. The Morgan fingerprint density at radius 3 is 2.62 bits per heavy atom. The zero-order valence-electron chi connectivity index (χ0n) is 17.6. The topological polar surface area (TPSA) is 61.2 Å². The lowest BCUT2D eigenvalue weighted by Gasteiger charge is -2.37. The van der Waals surface area contributed by atoms with Crippen molar-refractivity contribution >= 4 is 5.91 Å². The summed E-state index contributed by atoms with van der Waals surface area (Å²) in [4.78, 5) is 11.6. The van der Waals surface area contributed by atoms with E-state index in [-0.39, 0.29) is 5.76 Å². The third-order valence-electron chi connectivity index (χ3n) is 6.51. The van der Waals surface area contributed by atoms with E-state index >= 15 is 0 Å². The van der Waals surface area contributed by atoms with Gasteiger partial charge in [0.2, 0.25) is 5.88 Å². The number of fused-ring (bicyclic) bond motifs is 1. The Balaban J connectivity index is 1.80. The van der Waals surface area contributed by atoms with Crippen LogP contribution in [-0.4, -0.2) is 10.5 Å². The van der Waals surface area contributed by atoms with E-state index in [1.807, 2.05) is 12.1 Å². The molecular weight excluding hydrogens is 360 g/mol. The van der Waals surface area contributed by atoms with Gasteiger partial charge in [0.25, 0.3) is 5.91 Å². The molecule has 152 valence electrons. The van der Waals surface area contributed by atoms with E-state index in [2.05, 4.69) is 55.7 Å². The molecule has 0 saturated carbocycles. The van der Waals surface area contributed by atoms with E-state index < -0.39 is 5.91 Å². The number of benzene rings is 1. The maximum atomic E-state index is 11.6. The summed E-state index contributed by atoms with van der Waals surface area (Å²) < 4.78 is 8.02. The minimum Gasteiger partial charge on any atom is -0.435 e. The van der Waals surface area contributed by atoms with E-state index in [0.717, 1.165) is 24.1 Å². The fourth-order valence-electron chi connectivity index (χ4n) is 4.90. The van der Waals surface area contributed by atoms with Crippen LogP contribution in [0.2, 0.25) is 0 Å². The van der Waals surface area contributed by atoms with Gasteiger partial charge in [0.1, 0.15) is 0 Å². The van der Waals surface area contributed by atoms with Gasteiger partial charge in [-0.05, 0) is 60.3 Å². The number of primary amides is 1. The number of hydrogen-bond acceptors (Lipinski definition) is 2. The lowest BCUT2D eigenvalue weighted by atomic mass is 9.68. The van der Waals surface area contributed by atoms with Gasteiger partial charge in [-0.3, -0.25) is 9.36 Å². The molecule has 4 nitrogen and oxygen atoms in total. The predicted molar refractivity (Wildman–Crippen MR) is 116 cm³/mol. The summed E-state index contributed by atoms with van der Waals surface area (Å²) in [6.45, 7) is 7.09. The first-order valence-corrected chi connectivity index (χ1v) is 10.6. The second-order valence-corrected chi connectivity index (χ2v) is 8.88. The number of nitrogens with two attached hydrogens (primary N) is 1. The van der Waals surface area contributed by atoms with Gasteiger partial charge < -0.3 is 10.2 Å². The summed E-state index contributed by atoms with van der Waals surface area (Å²) in [6.07, 6.45) is 5.72. The molecule has 2 N–H and O–H groups in total. The minimum atomic E-state index is -0.542. The van der Waals surface area contributed by atoms with Crippen LogP contribution in [0.25, 0.3) is 17.1 Å². The normalized spacial score (nSPS) is 16.6. The van der Waals surface area contributed by atoms with E-state index in [4.69, 9.17) is 10.2 Å². The van der Waals surface area contributed by atoms with Crippen molar-refractivity contribution in [3.05, 3.63) is 65.5 Å². The Kier molecular flexibility index (Phi) is 5.12. The van der Waals surface area contributed by atoms with E-state index in [1.165, 1.54) is 30.5 Å². The summed E-state index contributed by atoms with van der Waals surface area (Å²) in [5.41, 5.74) is 10.7. The standard InChI is InChI=1S/C25H30N2O2/c1-4-14-25(2,3)19-10-11-20-18(15-19)16-21(17-8-6-5-7-9-17)27(20)23-13-12-22(29-23)24(26)28/h5-9,12-13,16,19H,4,10-11,14-15H2,1-3H3,(H2,26,28). The molecule has 0 fully saturated rings. The molecule has 3 aromatic rings. The third kappa shape index (κ3) is 3.64. The molecule has 1 unspecified atom stereocenters. The van der Waals surface area contributed by atoms with Crippen LogP contribution in [-0.2, 0) is 12.8 Å². The van der Waals surface area contributed by atoms with Crippen molar-refractivity contribution in [1.82, 2.24) is 4.57 Å². The number of rotatable bonds is 6. The molecule has 1 amide bonds. The number of furan rings is 1. The average Bonchev–Trinajstić information content (AvgIpc) is 3.32. The van der Waals surface area contributed by atoms with Crippen LogP contribution < -0.4 is 5.73 Å². The van der Waals surface area contributed by atoms with Crippen molar-refractivity contribution in [2.75, 3.05) is 0 Å². The van der Waals surface area contributed by atoms with Gasteiger partial charge >= 0.3 is 0 Å². The van der Waals surface area contributed by atoms with Gasteiger partial charge in [-0.2, -0.15) is 0 Å². The Hall–Kier alpha value is -2.75. The van der Waals surface area contributed by atoms with Crippen molar-refractivity contribution < 1.29 is 9.21 Å². The van der Waals surface area contributed by atoms with Crippen molar-refractivity contribution in [2.24, 2.45) is 17.1 Å². The molecule has 0 radical (unpaired) electrons. The average molecular weight is 391 g/mol. The molecule has 1 atom stereocenters. The maximum Gasteiger partial charge on any atom is 0.284 e. The number of carbonyl (C=O) groups is 1.